The number of methoxy groups -OCH3 is 2. The van der Waals surface area contributed by atoms with Gasteiger partial charge in [0.25, 0.3) is 11.2 Å². The van der Waals surface area contributed by atoms with Gasteiger partial charge in [0, 0.05) is 32.0 Å². The van der Waals surface area contributed by atoms with E-state index < -0.39 is 22.1 Å². The zero-order valence-electron chi connectivity index (χ0n) is 17.8. The van der Waals surface area contributed by atoms with Gasteiger partial charge in [-0.25, -0.2) is 14.2 Å². The highest BCUT2D eigenvalue weighted by Crippen LogP contribution is 2.21. The van der Waals surface area contributed by atoms with E-state index in [9.17, 15) is 24.5 Å². The molecule has 0 aliphatic carbocycles. The molecule has 2 aromatic heterocycles. The number of aryl methyl sites for hydroxylation is 2. The summed E-state index contributed by atoms with van der Waals surface area (Å²) in [5.74, 6) is -0.443. The van der Waals surface area contributed by atoms with Crippen LogP contribution in [0.25, 0.3) is 11.0 Å². The molecule has 32 heavy (non-hydrogen) atoms. The van der Waals surface area contributed by atoms with Gasteiger partial charge < -0.3 is 14.0 Å². The first-order valence-electron chi connectivity index (χ1n) is 9.50. The number of ether oxygens (including phenoxy) is 2. The van der Waals surface area contributed by atoms with E-state index in [1.807, 2.05) is 6.26 Å². The quantitative estimate of drug-likeness (QED) is 0.268. The highest BCUT2D eigenvalue weighted by atomic mass is 32.2. The molecule has 0 bridgehead atoms. The van der Waals surface area contributed by atoms with Crippen molar-refractivity contribution in [3.05, 3.63) is 72.5 Å². The summed E-state index contributed by atoms with van der Waals surface area (Å²) in [6.07, 6.45) is 3.77. The maximum Gasteiger partial charge on any atom is 0.340 e. The van der Waals surface area contributed by atoms with E-state index in [1.54, 1.807) is 16.7 Å². The Morgan fingerprint density at radius 2 is 1.84 bits per heavy atom. The van der Waals surface area contributed by atoms with E-state index in [-0.39, 0.29) is 29.2 Å². The minimum Gasteiger partial charge on any atom is -0.465 e. The lowest BCUT2D eigenvalue weighted by Crippen LogP contribution is -2.41. The zero-order valence-corrected chi connectivity index (χ0v) is 18.6. The molecule has 1 aromatic carbocycles. The van der Waals surface area contributed by atoms with Gasteiger partial charge in [0.15, 0.2) is 0 Å². The van der Waals surface area contributed by atoms with Crippen molar-refractivity contribution < 1.29 is 19.2 Å². The third-order valence-electron chi connectivity index (χ3n) is 4.94. The predicted octanol–water partition coefficient (Wildman–Crippen LogP) is 1.83. The summed E-state index contributed by atoms with van der Waals surface area (Å²) in [5.41, 5.74) is -0.0207. The van der Waals surface area contributed by atoms with Gasteiger partial charge in [0.05, 0.1) is 28.9 Å². The Labute approximate surface area is 186 Å². The second-order valence-electron chi connectivity index (χ2n) is 6.88. The number of hydrogen-bond donors (Lipinski definition) is 0. The summed E-state index contributed by atoms with van der Waals surface area (Å²) >= 11 is 1.38. The Kier molecular flexibility index (Phi) is 7.15. The molecule has 3 rings (SSSR count). The highest BCUT2D eigenvalue weighted by Gasteiger charge is 2.24. The number of nitro benzene ring substituents is 1. The molecular formula is C20H22N4O7S. The van der Waals surface area contributed by atoms with Gasteiger partial charge >= 0.3 is 11.7 Å². The molecule has 0 amide bonds. The van der Waals surface area contributed by atoms with Crippen molar-refractivity contribution in [3.8, 4) is 0 Å². The Bertz CT molecular complexity index is 1270. The van der Waals surface area contributed by atoms with Crippen LogP contribution in [0.15, 0.2) is 40.1 Å². The molecule has 0 saturated carbocycles. The van der Waals surface area contributed by atoms with Crippen molar-refractivity contribution in [1.82, 2.24) is 13.7 Å². The molecule has 0 spiro atoms. The largest absolute Gasteiger partial charge is 0.465 e. The van der Waals surface area contributed by atoms with Crippen LogP contribution in [0.5, 0.6) is 0 Å². The fourth-order valence-corrected chi connectivity index (χ4v) is 3.95. The summed E-state index contributed by atoms with van der Waals surface area (Å²) in [4.78, 5) is 48.9. The van der Waals surface area contributed by atoms with Crippen LogP contribution in [-0.2, 0) is 35.0 Å². The van der Waals surface area contributed by atoms with Crippen LogP contribution < -0.4 is 11.2 Å². The smallest absolute Gasteiger partial charge is 0.340 e. The Hall–Kier alpha value is -3.38. The number of non-ortho nitro benzene ring substituents is 1. The van der Waals surface area contributed by atoms with Gasteiger partial charge in [-0.3, -0.25) is 19.5 Å². The molecule has 0 atom stereocenters. The number of carbonyl (C=O) groups is 1. The number of nitrogens with zero attached hydrogens (tertiary/aromatic N) is 4. The third kappa shape index (κ3) is 4.32. The van der Waals surface area contributed by atoms with Crippen molar-refractivity contribution in [1.29, 1.82) is 0 Å². The van der Waals surface area contributed by atoms with E-state index in [0.29, 0.717) is 18.6 Å². The van der Waals surface area contributed by atoms with Crippen LogP contribution in [0.1, 0.15) is 15.9 Å². The first kappa shape index (κ1) is 23.3. The number of nitro groups is 1. The molecule has 0 saturated heterocycles. The monoisotopic (exact) mass is 462 g/mol. The first-order valence-corrected chi connectivity index (χ1v) is 10.9. The number of fused-ring (bicyclic) bond motifs is 1. The van der Waals surface area contributed by atoms with E-state index in [2.05, 4.69) is 0 Å². The molecule has 12 heteroatoms. The van der Waals surface area contributed by atoms with Crippen molar-refractivity contribution in [2.24, 2.45) is 0 Å². The van der Waals surface area contributed by atoms with Crippen molar-refractivity contribution in [2.45, 2.75) is 25.6 Å². The van der Waals surface area contributed by atoms with Crippen LogP contribution in [-0.4, -0.2) is 45.1 Å². The normalized spacial score (nSPS) is 11.1. The molecular weight excluding hydrogens is 440 g/mol. The van der Waals surface area contributed by atoms with Crippen LogP contribution in [0.3, 0.4) is 0 Å². The molecule has 2 heterocycles. The molecule has 3 aromatic rings. The molecule has 0 fully saturated rings. The van der Waals surface area contributed by atoms with Gasteiger partial charge in [-0.1, -0.05) is 12.1 Å². The van der Waals surface area contributed by atoms with Gasteiger partial charge in [-0.2, -0.15) is 0 Å². The molecule has 0 aliphatic rings. The van der Waals surface area contributed by atoms with E-state index in [0.717, 1.165) is 10.1 Å². The summed E-state index contributed by atoms with van der Waals surface area (Å²) in [6.45, 7) is 0.0728. The molecule has 0 aliphatic heterocycles. The minimum absolute atomic E-state index is 0.0133. The molecule has 0 N–H and O–H groups in total. The number of carbonyl (C=O) groups excluding carboxylic acids is 1. The van der Waals surface area contributed by atoms with Gasteiger partial charge in [-0.05, 0) is 18.2 Å². The maximum absolute atomic E-state index is 13.1. The number of aromatic nitrogens is 3. The van der Waals surface area contributed by atoms with Crippen LogP contribution in [0, 0.1) is 10.1 Å². The average Bonchev–Trinajstić information content (AvgIpc) is 3.17. The predicted molar refractivity (Wildman–Crippen MR) is 119 cm³/mol. The lowest BCUT2D eigenvalue weighted by Gasteiger charge is -2.14. The van der Waals surface area contributed by atoms with E-state index in [4.69, 9.17) is 9.47 Å². The van der Waals surface area contributed by atoms with Crippen LogP contribution in [0.2, 0.25) is 0 Å². The Balaban J connectivity index is 2.17. The molecule has 0 unspecified atom stereocenters. The minimum atomic E-state index is -0.695. The van der Waals surface area contributed by atoms with Crippen molar-refractivity contribution in [3.63, 3.8) is 0 Å². The zero-order chi connectivity index (χ0) is 23.4. The van der Waals surface area contributed by atoms with Crippen molar-refractivity contribution >= 4 is 34.5 Å². The Morgan fingerprint density at radius 1 is 1.16 bits per heavy atom. The average molecular weight is 462 g/mol. The van der Waals surface area contributed by atoms with Gasteiger partial charge in [0.1, 0.15) is 12.4 Å². The van der Waals surface area contributed by atoms with E-state index in [1.165, 1.54) is 48.9 Å². The highest BCUT2D eigenvalue weighted by molar-refractivity contribution is 7.97. The maximum atomic E-state index is 13.1. The summed E-state index contributed by atoms with van der Waals surface area (Å²) in [6, 6.07) is 6.11. The van der Waals surface area contributed by atoms with Crippen molar-refractivity contribution in [2.75, 3.05) is 20.5 Å². The lowest BCUT2D eigenvalue weighted by atomic mass is 10.1. The lowest BCUT2D eigenvalue weighted by molar-refractivity contribution is -0.384. The van der Waals surface area contributed by atoms with Gasteiger partial charge in [0.2, 0.25) is 0 Å². The first-order chi connectivity index (χ1) is 15.3. The molecule has 0 radical (unpaired) electrons. The van der Waals surface area contributed by atoms with Crippen LogP contribution in [0.4, 0.5) is 5.69 Å². The molecule has 170 valence electrons. The molecule has 11 nitrogen and oxygen atoms in total. The third-order valence-corrected chi connectivity index (χ3v) is 5.45. The number of thioether (sulfide) groups is 1. The van der Waals surface area contributed by atoms with E-state index >= 15 is 0 Å². The summed E-state index contributed by atoms with van der Waals surface area (Å²) < 4.78 is 13.9. The van der Waals surface area contributed by atoms with Crippen LogP contribution >= 0.6 is 11.8 Å². The van der Waals surface area contributed by atoms with Gasteiger partial charge in [-0.15, -0.1) is 11.8 Å². The standard InChI is InChI=1S/C20H22N4O7S/c1-30-11-22-18(25)16-15(19(26)31-2)10-21(17(16)23(12-32-3)20(22)27)9-8-13-4-6-14(7-5-13)24(28)29/h4-7,10H,8-9,11-12H2,1-3H3. The fraction of sp³-hybridized carbons (Fsp3) is 0.350. The SMILES string of the molecule is COCn1c(=O)c2c(C(=O)OC)cn(CCc3ccc([N+](=O)[O-])cc3)c2n(CSC)c1=O. The second-order valence-corrected chi connectivity index (χ2v) is 7.71. The Morgan fingerprint density at radius 3 is 2.41 bits per heavy atom. The number of esters is 1. The fourth-order valence-electron chi connectivity index (χ4n) is 3.46. The number of benzene rings is 1. The summed E-state index contributed by atoms with van der Waals surface area (Å²) in [7, 11) is 2.58. The summed E-state index contributed by atoms with van der Waals surface area (Å²) in [5, 5.41) is 10.9. The topological polar surface area (TPSA) is 128 Å². The number of rotatable bonds is 9. The second kappa shape index (κ2) is 9.83. The number of hydrogen-bond acceptors (Lipinski definition) is 8.